The summed E-state index contributed by atoms with van der Waals surface area (Å²) in [5, 5.41) is 0. The van der Waals surface area contributed by atoms with E-state index in [1.807, 2.05) is 46.8 Å². The zero-order valence-corrected chi connectivity index (χ0v) is 22.4. The first kappa shape index (κ1) is 28.6. The molecular weight excluding hydrogens is 469 g/mol. The van der Waals surface area contributed by atoms with Crippen molar-refractivity contribution in [3.8, 4) is 0 Å². The minimum atomic E-state index is -2.55. The first-order chi connectivity index (χ1) is 16.7. The van der Waals surface area contributed by atoms with Crippen LogP contribution in [0.1, 0.15) is 106 Å². The number of halogens is 5. The van der Waals surface area contributed by atoms with Gasteiger partial charge in [-0.2, -0.15) is 0 Å². The quantitative estimate of drug-likeness (QED) is 0.364. The molecule has 2 aliphatic rings. The average molecular weight is 510 g/mol. The fourth-order valence-electron chi connectivity index (χ4n) is 5.43. The molecule has 0 atom stereocenters. The molecule has 0 radical (unpaired) electrons. The van der Waals surface area contributed by atoms with Crippen LogP contribution in [0.3, 0.4) is 0 Å². The molecule has 200 valence electrons. The standard InChI is InChI=1S/C16H23F2N.C14H17F3/c1-12(2)15-13(5-4-6-14(15)17)11-19-9-7-16(3,18)8-10-19;1-8(2)13-9(3)4-10(5-12(13)15)11-6-14(16,17)7-11/h4-6,12H,7-11H2,1-3H3;4-5,8,11H,6-7H2,1-3H3. The van der Waals surface area contributed by atoms with Crippen molar-refractivity contribution in [2.75, 3.05) is 13.1 Å². The van der Waals surface area contributed by atoms with Gasteiger partial charge in [-0.25, -0.2) is 22.0 Å². The van der Waals surface area contributed by atoms with Crippen molar-refractivity contribution in [3.63, 3.8) is 0 Å². The van der Waals surface area contributed by atoms with E-state index in [9.17, 15) is 22.0 Å². The number of aryl methyl sites for hydroxylation is 1. The molecular formula is C30H40F5N. The minimum Gasteiger partial charge on any atom is -0.299 e. The van der Waals surface area contributed by atoms with E-state index in [4.69, 9.17) is 0 Å². The second-order valence-electron chi connectivity index (χ2n) is 11.5. The zero-order chi connectivity index (χ0) is 26.8. The second-order valence-corrected chi connectivity index (χ2v) is 11.5. The molecule has 0 amide bonds. The van der Waals surface area contributed by atoms with Crippen molar-refractivity contribution >= 4 is 0 Å². The third kappa shape index (κ3) is 7.08. The normalized spacial score (nSPS) is 19.7. The van der Waals surface area contributed by atoms with E-state index in [0.717, 1.165) is 41.9 Å². The predicted molar refractivity (Wildman–Crippen MR) is 137 cm³/mol. The van der Waals surface area contributed by atoms with Crippen molar-refractivity contribution in [2.45, 2.75) is 103 Å². The fraction of sp³-hybridized carbons (Fsp3) is 0.600. The number of hydrogen-bond donors (Lipinski definition) is 0. The van der Waals surface area contributed by atoms with Crippen LogP contribution in [0.2, 0.25) is 0 Å². The maximum atomic E-state index is 13.9. The Morgan fingerprint density at radius 2 is 1.47 bits per heavy atom. The monoisotopic (exact) mass is 509 g/mol. The lowest BCUT2D eigenvalue weighted by atomic mass is 9.76. The Balaban J connectivity index is 0.000000202. The zero-order valence-electron chi connectivity index (χ0n) is 22.4. The van der Waals surface area contributed by atoms with E-state index in [2.05, 4.69) is 4.90 Å². The molecule has 4 rings (SSSR count). The Hall–Kier alpha value is -1.95. The van der Waals surface area contributed by atoms with Gasteiger partial charge in [0.2, 0.25) is 5.92 Å². The fourth-order valence-corrected chi connectivity index (χ4v) is 5.43. The smallest absolute Gasteiger partial charge is 0.249 e. The van der Waals surface area contributed by atoms with Gasteiger partial charge in [0.15, 0.2) is 0 Å². The Bertz CT molecular complexity index is 1000. The highest BCUT2D eigenvalue weighted by molar-refractivity contribution is 5.37. The van der Waals surface area contributed by atoms with E-state index < -0.39 is 11.6 Å². The number of rotatable bonds is 5. The van der Waals surface area contributed by atoms with Gasteiger partial charge in [-0.15, -0.1) is 0 Å². The molecule has 6 heteroatoms. The number of piperidine rings is 1. The summed E-state index contributed by atoms with van der Waals surface area (Å²) in [6.07, 6.45) is 0.846. The highest BCUT2D eigenvalue weighted by atomic mass is 19.3. The molecule has 0 bridgehead atoms. The molecule has 2 aromatic carbocycles. The summed E-state index contributed by atoms with van der Waals surface area (Å²) < 4.78 is 67.1. The van der Waals surface area contributed by atoms with E-state index >= 15 is 0 Å². The van der Waals surface area contributed by atoms with Crippen LogP contribution >= 0.6 is 0 Å². The third-order valence-electron chi connectivity index (χ3n) is 7.51. The van der Waals surface area contributed by atoms with E-state index in [1.54, 1.807) is 13.0 Å². The molecule has 0 N–H and O–H groups in total. The first-order valence-electron chi connectivity index (χ1n) is 13.1. The summed E-state index contributed by atoms with van der Waals surface area (Å²) in [6.45, 7) is 13.6. The lowest BCUT2D eigenvalue weighted by molar-refractivity contribution is -0.0868. The summed E-state index contributed by atoms with van der Waals surface area (Å²) in [5.74, 6) is -2.82. The average Bonchev–Trinajstić information content (AvgIpc) is 2.73. The van der Waals surface area contributed by atoms with Gasteiger partial charge < -0.3 is 0 Å². The van der Waals surface area contributed by atoms with E-state index in [-0.39, 0.29) is 42.2 Å². The van der Waals surface area contributed by atoms with Crippen LogP contribution in [0.15, 0.2) is 30.3 Å². The molecule has 1 aliphatic heterocycles. The summed E-state index contributed by atoms with van der Waals surface area (Å²) in [6, 6.07) is 8.57. The van der Waals surface area contributed by atoms with Crippen LogP contribution < -0.4 is 0 Å². The van der Waals surface area contributed by atoms with Gasteiger partial charge in [0.05, 0.1) is 0 Å². The number of alkyl halides is 3. The van der Waals surface area contributed by atoms with Crippen LogP contribution in [-0.4, -0.2) is 29.6 Å². The van der Waals surface area contributed by atoms with Gasteiger partial charge in [-0.3, -0.25) is 4.90 Å². The van der Waals surface area contributed by atoms with Crippen LogP contribution in [0, 0.1) is 18.6 Å². The summed E-state index contributed by atoms with van der Waals surface area (Å²) in [4.78, 5) is 2.22. The maximum Gasteiger partial charge on any atom is 0.249 e. The molecule has 1 saturated heterocycles. The van der Waals surface area contributed by atoms with Crippen molar-refractivity contribution in [2.24, 2.45) is 0 Å². The maximum absolute atomic E-state index is 13.9. The molecule has 2 aromatic rings. The predicted octanol–water partition coefficient (Wildman–Crippen LogP) is 9.04. The van der Waals surface area contributed by atoms with Crippen molar-refractivity contribution < 1.29 is 22.0 Å². The number of hydrogen-bond acceptors (Lipinski definition) is 1. The number of nitrogens with zero attached hydrogens (tertiary/aromatic N) is 1. The van der Waals surface area contributed by atoms with Crippen molar-refractivity contribution in [1.29, 1.82) is 0 Å². The van der Waals surface area contributed by atoms with Crippen LogP contribution in [0.25, 0.3) is 0 Å². The number of likely N-dealkylation sites (tertiary alicyclic amines) is 1. The van der Waals surface area contributed by atoms with Gasteiger partial charge in [-0.05, 0) is 84.4 Å². The topological polar surface area (TPSA) is 3.24 Å². The third-order valence-corrected chi connectivity index (χ3v) is 7.51. The molecule has 0 spiro atoms. The largest absolute Gasteiger partial charge is 0.299 e. The molecule has 0 unspecified atom stereocenters. The van der Waals surface area contributed by atoms with E-state index in [1.165, 1.54) is 12.1 Å². The lowest BCUT2D eigenvalue weighted by Crippen LogP contribution is -2.39. The highest BCUT2D eigenvalue weighted by Crippen LogP contribution is 2.48. The lowest BCUT2D eigenvalue weighted by Gasteiger charge is -2.35. The molecule has 1 nitrogen and oxygen atoms in total. The van der Waals surface area contributed by atoms with Gasteiger partial charge in [0, 0.05) is 32.5 Å². The SMILES string of the molecule is CC(C)c1c(F)cccc1CN1CCC(C)(F)CC1.Cc1cc(C2CC(F)(F)C2)cc(F)c1C(C)C. The second kappa shape index (κ2) is 11.2. The van der Waals surface area contributed by atoms with Gasteiger partial charge in [-0.1, -0.05) is 45.9 Å². The van der Waals surface area contributed by atoms with Crippen LogP contribution in [-0.2, 0) is 6.54 Å². The Labute approximate surface area is 213 Å². The van der Waals surface area contributed by atoms with Gasteiger partial charge in [0.1, 0.15) is 17.3 Å². The molecule has 36 heavy (non-hydrogen) atoms. The van der Waals surface area contributed by atoms with Crippen LogP contribution in [0.4, 0.5) is 22.0 Å². The van der Waals surface area contributed by atoms with Crippen molar-refractivity contribution in [1.82, 2.24) is 4.90 Å². The van der Waals surface area contributed by atoms with Crippen LogP contribution in [0.5, 0.6) is 0 Å². The van der Waals surface area contributed by atoms with Gasteiger partial charge in [0.25, 0.3) is 0 Å². The molecule has 2 fully saturated rings. The first-order valence-corrected chi connectivity index (χ1v) is 13.1. The van der Waals surface area contributed by atoms with Gasteiger partial charge >= 0.3 is 0 Å². The van der Waals surface area contributed by atoms with E-state index in [0.29, 0.717) is 18.4 Å². The highest BCUT2D eigenvalue weighted by Gasteiger charge is 2.46. The Morgan fingerprint density at radius 3 is 1.97 bits per heavy atom. The van der Waals surface area contributed by atoms with Crippen molar-refractivity contribution in [3.05, 3.63) is 69.8 Å². The molecule has 1 aliphatic carbocycles. The molecule has 1 heterocycles. The molecule has 1 saturated carbocycles. The summed E-state index contributed by atoms with van der Waals surface area (Å²) in [7, 11) is 0. The minimum absolute atomic E-state index is 0.117. The summed E-state index contributed by atoms with van der Waals surface area (Å²) >= 11 is 0. The Kier molecular flexibility index (Phi) is 8.91. The number of benzene rings is 2. The summed E-state index contributed by atoms with van der Waals surface area (Å²) in [5.41, 5.74) is 3.09. The molecule has 0 aromatic heterocycles. The Morgan fingerprint density at radius 1 is 0.889 bits per heavy atom.